The Labute approximate surface area is 90.6 Å². The number of amidine groups is 1. The summed E-state index contributed by atoms with van der Waals surface area (Å²) in [7, 11) is 0. The largest absolute Gasteiger partial charge is 0.337 e. The molecular weight excluding hydrogens is 190 g/mol. The summed E-state index contributed by atoms with van der Waals surface area (Å²) in [5.41, 5.74) is 5.74. The Balaban J connectivity index is 2.34. The lowest BCUT2D eigenvalue weighted by Crippen LogP contribution is -2.37. The van der Waals surface area contributed by atoms with Crippen LogP contribution >= 0.6 is 0 Å². The Kier molecular flexibility index (Phi) is 4.03. The lowest BCUT2D eigenvalue weighted by molar-refractivity contribution is -0.121. The van der Waals surface area contributed by atoms with Gasteiger partial charge in [0.25, 0.3) is 0 Å². The number of carbonyl (C=O) groups is 1. The minimum atomic E-state index is -0.370. The Morgan fingerprint density at radius 2 is 2.33 bits per heavy atom. The summed E-state index contributed by atoms with van der Waals surface area (Å²) in [6, 6.07) is -0.370. The van der Waals surface area contributed by atoms with Gasteiger partial charge in [-0.15, -0.1) is 0 Å². The molecule has 0 aromatic heterocycles. The second-order valence-corrected chi connectivity index (χ2v) is 4.22. The molecule has 1 atom stereocenters. The van der Waals surface area contributed by atoms with Gasteiger partial charge in [0, 0.05) is 25.6 Å². The maximum absolute atomic E-state index is 11.6. The van der Waals surface area contributed by atoms with Crippen molar-refractivity contribution in [2.45, 2.75) is 32.7 Å². The summed E-state index contributed by atoms with van der Waals surface area (Å²) in [4.78, 5) is 13.4. The summed E-state index contributed by atoms with van der Waals surface area (Å²) in [6.07, 6.45) is 4.88. The van der Waals surface area contributed by atoms with Crippen LogP contribution in [-0.2, 0) is 4.79 Å². The zero-order chi connectivity index (χ0) is 11.4. The standard InChI is InChI=1S/C11H19N3O/c1-8(2)11(13)9(15)5-7-14-6-3-4-10(14)12/h3,6,8,11-12H,4-5,7,13H2,1-2H3. The van der Waals surface area contributed by atoms with Gasteiger partial charge in [0.1, 0.15) is 5.84 Å². The third-order valence-corrected chi connectivity index (χ3v) is 2.63. The average molecular weight is 209 g/mol. The highest BCUT2D eigenvalue weighted by Gasteiger charge is 2.19. The molecule has 0 radical (unpaired) electrons. The molecule has 84 valence electrons. The van der Waals surface area contributed by atoms with E-state index >= 15 is 0 Å². The molecule has 1 aliphatic heterocycles. The molecule has 0 aromatic carbocycles. The quantitative estimate of drug-likeness (QED) is 0.713. The van der Waals surface area contributed by atoms with Crippen LogP contribution in [0.3, 0.4) is 0 Å². The fraction of sp³-hybridized carbons (Fsp3) is 0.636. The van der Waals surface area contributed by atoms with Gasteiger partial charge in [-0.3, -0.25) is 10.2 Å². The number of Topliss-reactive ketones (excluding diaryl/α,β-unsaturated/α-hetero) is 1. The van der Waals surface area contributed by atoms with E-state index in [1.54, 1.807) is 4.90 Å². The van der Waals surface area contributed by atoms with Crippen molar-refractivity contribution in [1.29, 1.82) is 5.41 Å². The van der Waals surface area contributed by atoms with Crippen molar-refractivity contribution in [3.05, 3.63) is 12.3 Å². The van der Waals surface area contributed by atoms with E-state index < -0.39 is 0 Å². The molecule has 0 bridgehead atoms. The van der Waals surface area contributed by atoms with Crippen molar-refractivity contribution in [1.82, 2.24) is 4.90 Å². The van der Waals surface area contributed by atoms with Gasteiger partial charge in [-0.25, -0.2) is 0 Å². The molecule has 1 heterocycles. The van der Waals surface area contributed by atoms with Crippen molar-refractivity contribution in [3.8, 4) is 0 Å². The smallest absolute Gasteiger partial charge is 0.151 e. The SMILES string of the molecule is CC(C)C(N)C(=O)CCN1C=CCC1=N. The van der Waals surface area contributed by atoms with E-state index in [0.29, 0.717) is 25.2 Å². The van der Waals surface area contributed by atoms with Crippen molar-refractivity contribution < 1.29 is 4.79 Å². The predicted molar refractivity (Wildman–Crippen MR) is 60.6 cm³/mol. The number of nitrogens with two attached hydrogens (primary N) is 1. The first-order chi connectivity index (χ1) is 7.02. The van der Waals surface area contributed by atoms with Crippen LogP contribution in [0, 0.1) is 11.3 Å². The van der Waals surface area contributed by atoms with Gasteiger partial charge in [0.2, 0.25) is 0 Å². The van der Waals surface area contributed by atoms with Crippen molar-refractivity contribution in [2.24, 2.45) is 11.7 Å². The molecule has 0 saturated carbocycles. The molecule has 0 spiro atoms. The molecule has 1 aliphatic rings. The van der Waals surface area contributed by atoms with Crippen LogP contribution in [0.15, 0.2) is 12.3 Å². The number of hydrogen-bond donors (Lipinski definition) is 2. The molecule has 4 heteroatoms. The van der Waals surface area contributed by atoms with Crippen LogP contribution in [0.2, 0.25) is 0 Å². The van der Waals surface area contributed by atoms with E-state index in [-0.39, 0.29) is 17.7 Å². The van der Waals surface area contributed by atoms with Crippen LogP contribution < -0.4 is 5.73 Å². The molecule has 3 N–H and O–H groups in total. The fourth-order valence-corrected chi connectivity index (χ4v) is 1.48. The van der Waals surface area contributed by atoms with Gasteiger partial charge in [0.15, 0.2) is 5.78 Å². The fourth-order valence-electron chi connectivity index (χ4n) is 1.48. The highest BCUT2D eigenvalue weighted by molar-refractivity contribution is 5.86. The van der Waals surface area contributed by atoms with E-state index in [4.69, 9.17) is 11.1 Å². The number of rotatable bonds is 5. The summed E-state index contributed by atoms with van der Waals surface area (Å²) < 4.78 is 0. The zero-order valence-corrected chi connectivity index (χ0v) is 9.36. The third kappa shape index (κ3) is 3.16. The second kappa shape index (κ2) is 5.07. The Morgan fingerprint density at radius 3 is 2.80 bits per heavy atom. The van der Waals surface area contributed by atoms with Crippen LogP contribution in [0.25, 0.3) is 0 Å². The summed E-state index contributed by atoms with van der Waals surface area (Å²) in [6.45, 7) is 4.47. The maximum Gasteiger partial charge on any atom is 0.151 e. The Bertz CT molecular complexity index is 284. The molecule has 0 aliphatic carbocycles. The number of hydrogen-bond acceptors (Lipinski definition) is 3. The summed E-state index contributed by atoms with van der Waals surface area (Å²) in [5, 5.41) is 7.56. The van der Waals surface area contributed by atoms with Gasteiger partial charge in [0.05, 0.1) is 6.04 Å². The summed E-state index contributed by atoms with van der Waals surface area (Å²) >= 11 is 0. The lowest BCUT2D eigenvalue weighted by atomic mass is 9.99. The predicted octanol–water partition coefficient (Wildman–Crippen LogP) is 1.13. The highest BCUT2D eigenvalue weighted by Crippen LogP contribution is 2.09. The van der Waals surface area contributed by atoms with Gasteiger partial charge >= 0.3 is 0 Å². The van der Waals surface area contributed by atoms with Crippen LogP contribution in [0.1, 0.15) is 26.7 Å². The van der Waals surface area contributed by atoms with Gasteiger partial charge < -0.3 is 10.6 Å². The molecule has 15 heavy (non-hydrogen) atoms. The summed E-state index contributed by atoms with van der Waals surface area (Å²) in [5.74, 6) is 0.824. The van der Waals surface area contributed by atoms with Crippen molar-refractivity contribution in [2.75, 3.05) is 6.54 Å². The van der Waals surface area contributed by atoms with Gasteiger partial charge in [-0.2, -0.15) is 0 Å². The Morgan fingerprint density at radius 1 is 1.67 bits per heavy atom. The van der Waals surface area contributed by atoms with Crippen LogP contribution in [-0.4, -0.2) is 29.1 Å². The molecule has 1 unspecified atom stereocenters. The van der Waals surface area contributed by atoms with E-state index in [1.807, 2.05) is 26.1 Å². The normalized spacial score (nSPS) is 17.6. The van der Waals surface area contributed by atoms with Crippen LogP contribution in [0.5, 0.6) is 0 Å². The molecule has 0 fully saturated rings. The van der Waals surface area contributed by atoms with E-state index in [9.17, 15) is 4.79 Å². The first kappa shape index (κ1) is 11.9. The third-order valence-electron chi connectivity index (χ3n) is 2.63. The zero-order valence-electron chi connectivity index (χ0n) is 9.36. The number of nitrogens with zero attached hydrogens (tertiary/aromatic N) is 1. The number of nitrogens with one attached hydrogen (secondary N) is 1. The molecule has 0 saturated heterocycles. The average Bonchev–Trinajstić information content (AvgIpc) is 2.59. The molecule has 0 amide bonds. The van der Waals surface area contributed by atoms with Crippen molar-refractivity contribution in [3.63, 3.8) is 0 Å². The van der Waals surface area contributed by atoms with E-state index in [2.05, 4.69) is 0 Å². The maximum atomic E-state index is 11.6. The van der Waals surface area contributed by atoms with E-state index in [0.717, 1.165) is 0 Å². The topological polar surface area (TPSA) is 70.2 Å². The number of ketones is 1. The minimum absolute atomic E-state index is 0.0816. The highest BCUT2D eigenvalue weighted by atomic mass is 16.1. The molecule has 1 rings (SSSR count). The Hall–Kier alpha value is -1.16. The first-order valence-corrected chi connectivity index (χ1v) is 5.31. The van der Waals surface area contributed by atoms with Gasteiger partial charge in [-0.05, 0) is 5.92 Å². The first-order valence-electron chi connectivity index (χ1n) is 5.31. The molecular formula is C11H19N3O. The molecule has 4 nitrogen and oxygen atoms in total. The van der Waals surface area contributed by atoms with Crippen molar-refractivity contribution >= 4 is 11.6 Å². The number of carbonyl (C=O) groups excluding carboxylic acids is 1. The van der Waals surface area contributed by atoms with Crippen LogP contribution in [0.4, 0.5) is 0 Å². The second-order valence-electron chi connectivity index (χ2n) is 4.22. The van der Waals surface area contributed by atoms with E-state index in [1.165, 1.54) is 0 Å². The van der Waals surface area contributed by atoms with Gasteiger partial charge in [-0.1, -0.05) is 19.9 Å². The minimum Gasteiger partial charge on any atom is -0.337 e. The lowest BCUT2D eigenvalue weighted by Gasteiger charge is -2.18. The molecule has 0 aromatic rings. The monoisotopic (exact) mass is 209 g/mol.